The number of nitrogens with zero attached hydrogens (tertiary/aromatic N) is 2. The van der Waals surface area contributed by atoms with E-state index in [2.05, 4.69) is 59.8 Å². The summed E-state index contributed by atoms with van der Waals surface area (Å²) in [7, 11) is 0. The maximum Gasteiger partial charge on any atom is 0.230 e. The number of rotatable bonds is 6. The SMILES string of the molecule is Cc1ccc(Nc2nnc(SCC(=O)N[C@H]3CCCC[C@@H]3C)s2)c(C)c1. The summed E-state index contributed by atoms with van der Waals surface area (Å²) in [6.07, 6.45) is 4.80. The number of benzene rings is 1. The molecule has 0 saturated heterocycles. The highest BCUT2D eigenvalue weighted by molar-refractivity contribution is 8.01. The van der Waals surface area contributed by atoms with E-state index in [4.69, 9.17) is 0 Å². The molecule has 2 N–H and O–H groups in total. The molecule has 140 valence electrons. The molecule has 26 heavy (non-hydrogen) atoms. The Balaban J connectivity index is 1.49. The van der Waals surface area contributed by atoms with E-state index in [0.29, 0.717) is 17.7 Å². The molecule has 3 rings (SSSR count). The number of anilines is 2. The van der Waals surface area contributed by atoms with Gasteiger partial charge in [0.15, 0.2) is 4.34 Å². The summed E-state index contributed by atoms with van der Waals surface area (Å²) in [6, 6.07) is 6.59. The van der Waals surface area contributed by atoms with Crippen molar-refractivity contribution in [3.05, 3.63) is 29.3 Å². The van der Waals surface area contributed by atoms with Crippen molar-refractivity contribution < 1.29 is 4.79 Å². The monoisotopic (exact) mass is 390 g/mol. The molecule has 1 saturated carbocycles. The fourth-order valence-electron chi connectivity index (χ4n) is 3.29. The van der Waals surface area contributed by atoms with E-state index in [9.17, 15) is 4.79 Å². The Morgan fingerprint density at radius 2 is 2.08 bits per heavy atom. The van der Waals surface area contributed by atoms with E-state index in [1.165, 1.54) is 53.5 Å². The van der Waals surface area contributed by atoms with Gasteiger partial charge in [-0.2, -0.15) is 0 Å². The summed E-state index contributed by atoms with van der Waals surface area (Å²) in [5.41, 5.74) is 3.45. The number of hydrogen-bond acceptors (Lipinski definition) is 6. The highest BCUT2D eigenvalue weighted by atomic mass is 32.2. The smallest absolute Gasteiger partial charge is 0.230 e. The number of aromatic nitrogens is 2. The van der Waals surface area contributed by atoms with Crippen LogP contribution in [-0.2, 0) is 4.79 Å². The molecule has 1 aliphatic rings. The minimum absolute atomic E-state index is 0.0906. The van der Waals surface area contributed by atoms with Crippen LogP contribution in [0.15, 0.2) is 22.5 Å². The van der Waals surface area contributed by atoms with E-state index in [0.717, 1.165) is 21.6 Å². The van der Waals surface area contributed by atoms with Crippen molar-refractivity contribution in [2.75, 3.05) is 11.1 Å². The molecular weight excluding hydrogens is 364 g/mol. The third kappa shape index (κ3) is 5.20. The summed E-state index contributed by atoms with van der Waals surface area (Å²) in [5, 5.41) is 15.6. The zero-order valence-corrected chi connectivity index (χ0v) is 17.2. The summed E-state index contributed by atoms with van der Waals surface area (Å²) >= 11 is 2.93. The van der Waals surface area contributed by atoms with E-state index >= 15 is 0 Å². The normalized spacial score (nSPS) is 20.0. The summed E-state index contributed by atoms with van der Waals surface area (Å²) < 4.78 is 0.809. The highest BCUT2D eigenvalue weighted by Crippen LogP contribution is 2.29. The quantitative estimate of drug-likeness (QED) is 0.701. The van der Waals surface area contributed by atoms with Crippen molar-refractivity contribution in [2.45, 2.75) is 56.8 Å². The largest absolute Gasteiger partial charge is 0.352 e. The Labute approximate surface area is 163 Å². The van der Waals surface area contributed by atoms with Gasteiger partial charge in [-0.3, -0.25) is 4.79 Å². The van der Waals surface area contributed by atoms with Gasteiger partial charge in [0.05, 0.1) is 5.75 Å². The molecule has 0 unspecified atom stereocenters. The van der Waals surface area contributed by atoms with Gasteiger partial charge in [0.2, 0.25) is 11.0 Å². The van der Waals surface area contributed by atoms with Crippen LogP contribution in [-0.4, -0.2) is 27.9 Å². The topological polar surface area (TPSA) is 66.9 Å². The standard InChI is InChI=1S/C19H26N4OS2/c1-12-8-9-16(14(3)10-12)21-18-22-23-19(26-18)25-11-17(24)20-15-7-5-4-6-13(15)2/h8-10,13,15H,4-7,11H2,1-3H3,(H,20,24)(H,21,22)/t13-,15-/m0/s1. The predicted molar refractivity (Wildman–Crippen MR) is 109 cm³/mol. The lowest BCUT2D eigenvalue weighted by atomic mass is 9.86. The number of thioether (sulfide) groups is 1. The average Bonchev–Trinajstić information content (AvgIpc) is 3.05. The fourth-order valence-corrected chi connectivity index (χ4v) is 4.87. The second-order valence-corrected chi connectivity index (χ2v) is 9.24. The Kier molecular flexibility index (Phi) is 6.53. The summed E-state index contributed by atoms with van der Waals surface area (Å²) in [4.78, 5) is 12.2. The van der Waals surface area contributed by atoms with Crippen LogP contribution < -0.4 is 10.6 Å². The Bertz CT molecular complexity index is 762. The predicted octanol–water partition coefficient (Wildman–Crippen LogP) is 4.69. The molecule has 1 aromatic carbocycles. The van der Waals surface area contributed by atoms with Crippen LogP contribution in [0.1, 0.15) is 43.7 Å². The molecule has 0 bridgehead atoms. The van der Waals surface area contributed by atoms with Crippen LogP contribution in [0.5, 0.6) is 0 Å². The maximum atomic E-state index is 12.2. The third-order valence-corrected chi connectivity index (χ3v) is 6.79. The van der Waals surface area contributed by atoms with Gasteiger partial charge in [-0.1, -0.05) is 60.6 Å². The first kappa shape index (κ1) is 19.2. The third-order valence-electron chi connectivity index (χ3n) is 4.81. The summed E-state index contributed by atoms with van der Waals surface area (Å²) in [5.74, 6) is 1.06. The molecule has 1 amide bonds. The van der Waals surface area contributed by atoms with Crippen molar-refractivity contribution in [1.82, 2.24) is 15.5 Å². The fraction of sp³-hybridized carbons (Fsp3) is 0.526. The van der Waals surface area contributed by atoms with E-state index in [-0.39, 0.29) is 5.91 Å². The lowest BCUT2D eigenvalue weighted by Gasteiger charge is -2.29. The van der Waals surface area contributed by atoms with Crippen molar-refractivity contribution >= 4 is 39.8 Å². The zero-order valence-electron chi connectivity index (χ0n) is 15.5. The maximum absolute atomic E-state index is 12.2. The van der Waals surface area contributed by atoms with E-state index < -0.39 is 0 Å². The van der Waals surface area contributed by atoms with Gasteiger partial charge in [0, 0.05) is 11.7 Å². The molecular formula is C19H26N4OS2. The molecule has 2 atom stereocenters. The Morgan fingerprint density at radius 3 is 2.85 bits per heavy atom. The van der Waals surface area contributed by atoms with Crippen LogP contribution in [0.2, 0.25) is 0 Å². The molecule has 0 radical (unpaired) electrons. The molecule has 0 aliphatic heterocycles. The summed E-state index contributed by atoms with van der Waals surface area (Å²) in [6.45, 7) is 6.38. The van der Waals surface area contributed by atoms with Crippen molar-refractivity contribution in [1.29, 1.82) is 0 Å². The Morgan fingerprint density at radius 1 is 1.27 bits per heavy atom. The van der Waals surface area contributed by atoms with Gasteiger partial charge < -0.3 is 10.6 Å². The highest BCUT2D eigenvalue weighted by Gasteiger charge is 2.22. The minimum Gasteiger partial charge on any atom is -0.352 e. The van der Waals surface area contributed by atoms with E-state index in [1.54, 1.807) is 0 Å². The number of carbonyl (C=O) groups excluding carboxylic acids is 1. The Hall–Kier alpha value is -1.60. The second-order valence-electron chi connectivity index (χ2n) is 7.04. The van der Waals surface area contributed by atoms with Crippen LogP contribution in [0.4, 0.5) is 10.8 Å². The molecule has 1 heterocycles. The molecule has 0 spiro atoms. The molecule has 2 aromatic rings. The number of nitrogens with one attached hydrogen (secondary N) is 2. The van der Waals surface area contributed by atoms with Gasteiger partial charge in [-0.25, -0.2) is 0 Å². The van der Waals surface area contributed by atoms with E-state index in [1.807, 2.05) is 0 Å². The molecule has 1 fully saturated rings. The van der Waals surface area contributed by atoms with Gasteiger partial charge in [0.1, 0.15) is 0 Å². The van der Waals surface area contributed by atoms with Gasteiger partial charge >= 0.3 is 0 Å². The van der Waals surface area contributed by atoms with Crippen LogP contribution in [0.25, 0.3) is 0 Å². The van der Waals surface area contributed by atoms with Gasteiger partial charge in [-0.05, 0) is 44.2 Å². The minimum atomic E-state index is 0.0906. The van der Waals surface area contributed by atoms with Crippen molar-refractivity contribution in [3.8, 4) is 0 Å². The molecule has 1 aromatic heterocycles. The number of carbonyl (C=O) groups is 1. The first-order chi connectivity index (χ1) is 12.5. The van der Waals surface area contributed by atoms with Crippen LogP contribution in [0.3, 0.4) is 0 Å². The van der Waals surface area contributed by atoms with Crippen molar-refractivity contribution in [2.24, 2.45) is 5.92 Å². The van der Waals surface area contributed by atoms with Crippen LogP contribution in [0, 0.1) is 19.8 Å². The number of aryl methyl sites for hydroxylation is 2. The second kappa shape index (κ2) is 8.86. The lowest BCUT2D eigenvalue weighted by molar-refractivity contribution is -0.119. The number of hydrogen-bond donors (Lipinski definition) is 2. The average molecular weight is 391 g/mol. The molecule has 7 heteroatoms. The van der Waals surface area contributed by atoms with Crippen molar-refractivity contribution in [3.63, 3.8) is 0 Å². The molecule has 1 aliphatic carbocycles. The first-order valence-electron chi connectivity index (χ1n) is 9.11. The first-order valence-corrected chi connectivity index (χ1v) is 10.9. The zero-order chi connectivity index (χ0) is 18.5. The van der Waals surface area contributed by atoms with Gasteiger partial charge in [0.25, 0.3) is 0 Å². The molecule has 5 nitrogen and oxygen atoms in total. The van der Waals surface area contributed by atoms with Crippen LogP contribution >= 0.6 is 23.1 Å². The van der Waals surface area contributed by atoms with Gasteiger partial charge in [-0.15, -0.1) is 10.2 Å². The number of amides is 1. The lowest BCUT2D eigenvalue weighted by Crippen LogP contribution is -2.41.